The van der Waals surface area contributed by atoms with E-state index in [0.717, 1.165) is 19.5 Å². The molecule has 0 bridgehead atoms. The van der Waals surface area contributed by atoms with Crippen molar-refractivity contribution in [1.29, 1.82) is 0 Å². The first-order valence-electron chi connectivity index (χ1n) is 5.36. The Morgan fingerprint density at radius 3 is 2.56 bits per heavy atom. The Morgan fingerprint density at radius 2 is 2.12 bits per heavy atom. The van der Waals surface area contributed by atoms with Gasteiger partial charge in [-0.3, -0.25) is 0 Å². The van der Waals surface area contributed by atoms with E-state index in [0.29, 0.717) is 12.5 Å². The van der Waals surface area contributed by atoms with Gasteiger partial charge in [-0.05, 0) is 18.9 Å². The SMILES string of the molecule is CC(C)CN(C)S(=O)(=O)NC1CCNC1.Cl. The van der Waals surface area contributed by atoms with Gasteiger partial charge in [-0.15, -0.1) is 12.4 Å². The third kappa shape index (κ3) is 4.97. The van der Waals surface area contributed by atoms with Gasteiger partial charge in [0.25, 0.3) is 10.2 Å². The van der Waals surface area contributed by atoms with Gasteiger partial charge in [-0.25, -0.2) is 0 Å². The van der Waals surface area contributed by atoms with Gasteiger partial charge in [0.15, 0.2) is 0 Å². The molecule has 1 unspecified atom stereocenters. The lowest BCUT2D eigenvalue weighted by Crippen LogP contribution is -2.45. The van der Waals surface area contributed by atoms with Crippen LogP contribution in [0.1, 0.15) is 20.3 Å². The Labute approximate surface area is 105 Å². The molecule has 0 amide bonds. The van der Waals surface area contributed by atoms with Gasteiger partial charge in [0.2, 0.25) is 0 Å². The molecular weight excluding hydrogens is 250 g/mol. The molecule has 2 N–H and O–H groups in total. The third-order valence-corrected chi connectivity index (χ3v) is 4.01. The van der Waals surface area contributed by atoms with Gasteiger partial charge in [0.05, 0.1) is 0 Å². The summed E-state index contributed by atoms with van der Waals surface area (Å²) in [6, 6.07) is 0.0459. The van der Waals surface area contributed by atoms with Gasteiger partial charge in [-0.1, -0.05) is 13.8 Å². The Kier molecular flexibility index (Phi) is 6.81. The molecule has 0 aromatic carbocycles. The summed E-state index contributed by atoms with van der Waals surface area (Å²) < 4.78 is 27.7. The maximum Gasteiger partial charge on any atom is 0.279 e. The van der Waals surface area contributed by atoms with Gasteiger partial charge in [0, 0.05) is 26.2 Å². The second kappa shape index (κ2) is 6.76. The molecule has 1 aliphatic heterocycles. The Bertz CT molecular complexity index is 289. The lowest BCUT2D eigenvalue weighted by Gasteiger charge is -2.21. The highest BCUT2D eigenvalue weighted by Crippen LogP contribution is 2.05. The monoisotopic (exact) mass is 271 g/mol. The summed E-state index contributed by atoms with van der Waals surface area (Å²) in [5, 5.41) is 3.13. The normalized spacial score (nSPS) is 21.4. The standard InChI is InChI=1S/C9H21N3O2S.ClH/c1-8(2)7-12(3)15(13,14)11-9-4-5-10-6-9;/h8-11H,4-7H2,1-3H3;1H. The van der Waals surface area contributed by atoms with Crippen molar-refractivity contribution in [3.05, 3.63) is 0 Å². The van der Waals surface area contributed by atoms with Crippen LogP contribution in [0, 0.1) is 5.92 Å². The van der Waals surface area contributed by atoms with Crippen molar-refractivity contribution >= 4 is 22.6 Å². The summed E-state index contributed by atoms with van der Waals surface area (Å²) in [4.78, 5) is 0. The van der Waals surface area contributed by atoms with Gasteiger partial charge < -0.3 is 5.32 Å². The van der Waals surface area contributed by atoms with Crippen molar-refractivity contribution in [3.8, 4) is 0 Å². The summed E-state index contributed by atoms with van der Waals surface area (Å²) in [5.41, 5.74) is 0. The summed E-state index contributed by atoms with van der Waals surface area (Å²) in [7, 11) is -1.68. The second-order valence-corrected chi connectivity index (χ2v) is 6.30. The molecule has 1 heterocycles. The maximum absolute atomic E-state index is 11.8. The van der Waals surface area contributed by atoms with Crippen molar-refractivity contribution in [2.45, 2.75) is 26.3 Å². The molecule has 1 rings (SSSR count). The zero-order valence-electron chi connectivity index (χ0n) is 10.1. The average molecular weight is 272 g/mol. The van der Waals surface area contributed by atoms with Crippen LogP contribution in [0.3, 0.4) is 0 Å². The van der Waals surface area contributed by atoms with Crippen LogP contribution < -0.4 is 10.0 Å². The first-order chi connectivity index (χ1) is 6.92. The highest BCUT2D eigenvalue weighted by Gasteiger charge is 2.24. The molecule has 7 heteroatoms. The molecule has 1 atom stereocenters. The third-order valence-electron chi connectivity index (χ3n) is 2.41. The fourth-order valence-corrected chi connectivity index (χ4v) is 2.96. The number of nitrogens with zero attached hydrogens (tertiary/aromatic N) is 1. The smallest absolute Gasteiger partial charge is 0.279 e. The molecule has 16 heavy (non-hydrogen) atoms. The summed E-state index contributed by atoms with van der Waals surface area (Å²) in [6.07, 6.45) is 0.870. The molecule has 0 spiro atoms. The van der Waals surface area contributed by atoms with Crippen LogP contribution in [-0.4, -0.2) is 45.4 Å². The molecule has 0 aromatic heterocycles. The molecule has 0 radical (unpaired) electrons. The van der Waals surface area contributed by atoms with Crippen LogP contribution >= 0.6 is 12.4 Å². The summed E-state index contributed by atoms with van der Waals surface area (Å²) in [6.45, 7) is 6.18. The number of halogens is 1. The first kappa shape index (κ1) is 16.1. The first-order valence-corrected chi connectivity index (χ1v) is 6.80. The highest BCUT2D eigenvalue weighted by atomic mass is 35.5. The molecule has 0 aromatic rings. The minimum absolute atomic E-state index is 0. The van der Waals surface area contributed by atoms with Crippen molar-refractivity contribution in [3.63, 3.8) is 0 Å². The summed E-state index contributed by atoms with van der Waals surface area (Å²) in [5.74, 6) is 0.341. The number of hydrogen-bond donors (Lipinski definition) is 2. The van der Waals surface area contributed by atoms with Gasteiger partial charge in [0.1, 0.15) is 0 Å². The van der Waals surface area contributed by atoms with E-state index in [1.807, 2.05) is 13.8 Å². The van der Waals surface area contributed by atoms with Crippen LogP contribution in [0.15, 0.2) is 0 Å². The fraction of sp³-hybridized carbons (Fsp3) is 1.00. The second-order valence-electron chi connectivity index (χ2n) is 4.49. The van der Waals surface area contributed by atoms with Crippen LogP contribution in [0.2, 0.25) is 0 Å². The van der Waals surface area contributed by atoms with E-state index in [2.05, 4.69) is 10.0 Å². The number of hydrogen-bond acceptors (Lipinski definition) is 3. The van der Waals surface area contributed by atoms with E-state index >= 15 is 0 Å². The molecule has 0 saturated carbocycles. The topological polar surface area (TPSA) is 61.4 Å². The van der Waals surface area contributed by atoms with E-state index in [9.17, 15) is 8.42 Å². The average Bonchev–Trinajstić information content (AvgIpc) is 2.54. The number of rotatable bonds is 5. The lowest BCUT2D eigenvalue weighted by molar-refractivity contribution is 0.405. The molecule has 1 aliphatic rings. The molecule has 0 aliphatic carbocycles. The molecular formula is C9H22ClN3O2S. The zero-order valence-corrected chi connectivity index (χ0v) is 11.7. The summed E-state index contributed by atoms with van der Waals surface area (Å²) >= 11 is 0. The minimum atomic E-state index is -3.30. The van der Waals surface area contributed by atoms with Gasteiger partial charge in [-0.2, -0.15) is 17.4 Å². The van der Waals surface area contributed by atoms with Gasteiger partial charge >= 0.3 is 0 Å². The maximum atomic E-state index is 11.8. The molecule has 98 valence electrons. The molecule has 1 saturated heterocycles. The number of nitrogens with one attached hydrogen (secondary N) is 2. The van der Waals surface area contributed by atoms with E-state index in [-0.39, 0.29) is 18.4 Å². The van der Waals surface area contributed by atoms with Crippen molar-refractivity contribution in [2.24, 2.45) is 5.92 Å². The zero-order chi connectivity index (χ0) is 11.5. The molecule has 5 nitrogen and oxygen atoms in total. The quantitative estimate of drug-likeness (QED) is 0.751. The fourth-order valence-electron chi connectivity index (χ4n) is 1.67. The van der Waals surface area contributed by atoms with Crippen LogP contribution in [0.25, 0.3) is 0 Å². The van der Waals surface area contributed by atoms with Crippen molar-refractivity contribution in [1.82, 2.24) is 14.3 Å². The van der Waals surface area contributed by atoms with Crippen molar-refractivity contribution < 1.29 is 8.42 Å². The predicted molar refractivity (Wildman–Crippen MR) is 68.0 cm³/mol. The Morgan fingerprint density at radius 1 is 1.50 bits per heavy atom. The largest absolute Gasteiger partial charge is 0.315 e. The highest BCUT2D eigenvalue weighted by molar-refractivity contribution is 7.87. The predicted octanol–water partition coefficient (Wildman–Crippen LogP) is 0.192. The minimum Gasteiger partial charge on any atom is -0.315 e. The van der Waals surface area contributed by atoms with Crippen molar-refractivity contribution in [2.75, 3.05) is 26.7 Å². The Balaban J connectivity index is 0.00000225. The van der Waals surface area contributed by atoms with E-state index in [1.54, 1.807) is 7.05 Å². The van der Waals surface area contributed by atoms with E-state index in [4.69, 9.17) is 0 Å². The van der Waals surface area contributed by atoms with Crippen LogP contribution in [-0.2, 0) is 10.2 Å². The van der Waals surface area contributed by atoms with E-state index < -0.39 is 10.2 Å². The Hall–Kier alpha value is 0.120. The van der Waals surface area contributed by atoms with E-state index in [1.165, 1.54) is 4.31 Å². The van der Waals surface area contributed by atoms with Crippen LogP contribution in [0.4, 0.5) is 0 Å². The van der Waals surface area contributed by atoms with Crippen LogP contribution in [0.5, 0.6) is 0 Å². The molecule has 1 fully saturated rings. The lowest BCUT2D eigenvalue weighted by atomic mass is 10.2.